The fourth-order valence-corrected chi connectivity index (χ4v) is 3.45. The molecule has 0 amide bonds. The summed E-state index contributed by atoms with van der Waals surface area (Å²) in [7, 11) is -3.53. The van der Waals surface area contributed by atoms with E-state index in [1.807, 2.05) is 31.2 Å². The molecule has 0 atom stereocenters. The molecule has 0 aliphatic heterocycles. The van der Waals surface area contributed by atoms with Crippen LogP contribution in [0.1, 0.15) is 17.0 Å². The van der Waals surface area contributed by atoms with Crippen molar-refractivity contribution < 1.29 is 12.8 Å². The third kappa shape index (κ3) is 4.88. The first kappa shape index (κ1) is 17.6. The Kier molecular flexibility index (Phi) is 5.17. The van der Waals surface area contributed by atoms with Gasteiger partial charge in [0.25, 0.3) is 0 Å². The number of aromatic nitrogens is 2. The normalized spacial score (nSPS) is 11.6. The number of hydrogen-bond donors (Lipinski definition) is 1. The molecule has 8 heteroatoms. The highest BCUT2D eigenvalue weighted by Crippen LogP contribution is 2.19. The van der Waals surface area contributed by atoms with Crippen molar-refractivity contribution in [3.05, 3.63) is 70.6 Å². The second-order valence-corrected chi connectivity index (χ2v) is 7.82. The van der Waals surface area contributed by atoms with Gasteiger partial charge in [0.05, 0.1) is 12.3 Å². The van der Waals surface area contributed by atoms with Gasteiger partial charge in [-0.15, -0.1) is 10.2 Å². The monoisotopic (exact) mass is 377 g/mol. The first-order valence-corrected chi connectivity index (χ1v) is 9.55. The van der Waals surface area contributed by atoms with Crippen LogP contribution >= 0.6 is 11.6 Å². The summed E-state index contributed by atoms with van der Waals surface area (Å²) in [4.78, 5) is 0. The molecule has 0 fully saturated rings. The van der Waals surface area contributed by atoms with E-state index in [2.05, 4.69) is 14.9 Å². The minimum Gasteiger partial charge on any atom is -0.419 e. The minimum absolute atomic E-state index is 0.0608. The fourth-order valence-electron chi connectivity index (χ4n) is 2.24. The molecule has 0 saturated carbocycles. The lowest BCUT2D eigenvalue weighted by atomic mass is 10.1. The number of benzene rings is 2. The summed E-state index contributed by atoms with van der Waals surface area (Å²) in [5, 5.41) is 8.40. The zero-order chi connectivity index (χ0) is 17.9. The van der Waals surface area contributed by atoms with Crippen molar-refractivity contribution in [3.63, 3.8) is 0 Å². The standard InChI is InChI=1S/C17H16ClN3O3S/c1-12-3-2-4-14(9-12)17-21-20-16(24-17)10-19-25(22,23)11-13-5-7-15(18)8-6-13/h2-9,19H,10-11H2,1H3. The molecule has 0 bridgehead atoms. The van der Waals surface area contributed by atoms with Crippen LogP contribution in [0.3, 0.4) is 0 Å². The Labute approximate surface area is 150 Å². The third-order valence-corrected chi connectivity index (χ3v) is 4.99. The second-order valence-electron chi connectivity index (χ2n) is 5.58. The van der Waals surface area contributed by atoms with Crippen molar-refractivity contribution in [2.24, 2.45) is 0 Å². The second kappa shape index (κ2) is 7.35. The highest BCUT2D eigenvalue weighted by molar-refractivity contribution is 7.88. The molecule has 0 saturated heterocycles. The van der Waals surface area contributed by atoms with Gasteiger partial charge in [0.1, 0.15) is 0 Å². The van der Waals surface area contributed by atoms with Gasteiger partial charge < -0.3 is 4.42 Å². The molecule has 25 heavy (non-hydrogen) atoms. The van der Waals surface area contributed by atoms with Crippen LogP contribution in [0.2, 0.25) is 5.02 Å². The SMILES string of the molecule is Cc1cccc(-c2nnc(CNS(=O)(=O)Cc3ccc(Cl)cc3)o2)c1. The number of sulfonamides is 1. The van der Waals surface area contributed by atoms with Crippen LogP contribution in [0.4, 0.5) is 0 Å². The number of nitrogens with zero attached hydrogens (tertiary/aromatic N) is 2. The van der Waals surface area contributed by atoms with Crippen LogP contribution in [-0.2, 0) is 22.3 Å². The van der Waals surface area contributed by atoms with Crippen molar-refractivity contribution in [3.8, 4) is 11.5 Å². The number of rotatable bonds is 6. The molecule has 0 aliphatic rings. The molecule has 130 valence electrons. The number of hydrogen-bond acceptors (Lipinski definition) is 5. The molecular formula is C17H16ClN3O3S. The summed E-state index contributed by atoms with van der Waals surface area (Å²) in [5.74, 6) is 0.412. The maximum atomic E-state index is 12.1. The molecule has 0 unspecified atom stereocenters. The van der Waals surface area contributed by atoms with Crippen molar-refractivity contribution in [2.75, 3.05) is 0 Å². The van der Waals surface area contributed by atoms with E-state index in [0.29, 0.717) is 16.5 Å². The lowest BCUT2D eigenvalue weighted by Gasteiger charge is -2.05. The Hall–Kier alpha value is -2.22. The smallest absolute Gasteiger partial charge is 0.247 e. The molecule has 0 spiro atoms. The average Bonchev–Trinajstić information content (AvgIpc) is 3.04. The summed E-state index contributed by atoms with van der Waals surface area (Å²) in [6.45, 7) is 1.90. The molecule has 2 aromatic carbocycles. The molecule has 1 aromatic heterocycles. The lowest BCUT2D eigenvalue weighted by molar-refractivity contribution is 0.494. The summed E-state index contributed by atoms with van der Waals surface area (Å²) in [6, 6.07) is 14.3. The van der Waals surface area contributed by atoms with Gasteiger partial charge in [-0.05, 0) is 36.8 Å². The lowest BCUT2D eigenvalue weighted by Crippen LogP contribution is -2.24. The van der Waals surface area contributed by atoms with Gasteiger partial charge in [-0.25, -0.2) is 13.1 Å². The molecule has 3 rings (SSSR count). The topological polar surface area (TPSA) is 85.1 Å². The number of aryl methyl sites for hydroxylation is 1. The average molecular weight is 378 g/mol. The van der Waals surface area contributed by atoms with Crippen molar-refractivity contribution in [1.82, 2.24) is 14.9 Å². The van der Waals surface area contributed by atoms with Crippen LogP contribution in [0.15, 0.2) is 52.9 Å². The maximum absolute atomic E-state index is 12.1. The van der Waals surface area contributed by atoms with Crippen LogP contribution < -0.4 is 4.72 Å². The Morgan fingerprint density at radius 2 is 1.88 bits per heavy atom. The predicted octanol–water partition coefficient (Wildman–Crippen LogP) is 3.32. The molecule has 1 heterocycles. The van der Waals surface area contributed by atoms with E-state index in [1.54, 1.807) is 24.3 Å². The van der Waals surface area contributed by atoms with E-state index in [-0.39, 0.29) is 18.2 Å². The highest BCUT2D eigenvalue weighted by Gasteiger charge is 2.14. The van der Waals surface area contributed by atoms with Gasteiger partial charge in [-0.2, -0.15) is 0 Å². The summed E-state index contributed by atoms with van der Waals surface area (Å²) >= 11 is 5.79. The van der Waals surface area contributed by atoms with Gasteiger partial charge in [-0.3, -0.25) is 0 Å². The predicted molar refractivity (Wildman–Crippen MR) is 95.4 cm³/mol. The van der Waals surface area contributed by atoms with E-state index in [1.165, 1.54) is 0 Å². The van der Waals surface area contributed by atoms with E-state index in [4.69, 9.17) is 16.0 Å². The van der Waals surface area contributed by atoms with Gasteiger partial charge in [0.15, 0.2) is 0 Å². The quantitative estimate of drug-likeness (QED) is 0.712. The first-order chi connectivity index (χ1) is 11.9. The van der Waals surface area contributed by atoms with Crippen LogP contribution in [0.25, 0.3) is 11.5 Å². The highest BCUT2D eigenvalue weighted by atomic mass is 35.5. The zero-order valence-corrected chi connectivity index (χ0v) is 15.0. The van der Waals surface area contributed by atoms with E-state index >= 15 is 0 Å². The Balaban J connectivity index is 1.64. The Bertz CT molecular complexity index is 969. The van der Waals surface area contributed by atoms with Crippen LogP contribution in [0, 0.1) is 6.92 Å². The molecular weight excluding hydrogens is 362 g/mol. The summed E-state index contributed by atoms with van der Waals surface area (Å²) in [6.07, 6.45) is 0. The van der Waals surface area contributed by atoms with E-state index in [9.17, 15) is 8.42 Å². The van der Waals surface area contributed by atoms with E-state index < -0.39 is 10.0 Å². The third-order valence-electron chi connectivity index (χ3n) is 3.45. The van der Waals surface area contributed by atoms with Crippen molar-refractivity contribution in [1.29, 1.82) is 0 Å². The van der Waals surface area contributed by atoms with Crippen molar-refractivity contribution in [2.45, 2.75) is 19.2 Å². The Morgan fingerprint density at radius 1 is 1.12 bits per heavy atom. The minimum atomic E-state index is -3.53. The molecule has 1 N–H and O–H groups in total. The maximum Gasteiger partial charge on any atom is 0.247 e. The number of halogens is 1. The van der Waals surface area contributed by atoms with Crippen LogP contribution in [-0.4, -0.2) is 18.6 Å². The van der Waals surface area contributed by atoms with Crippen LogP contribution in [0.5, 0.6) is 0 Å². The molecule has 6 nitrogen and oxygen atoms in total. The largest absolute Gasteiger partial charge is 0.419 e. The van der Waals surface area contributed by atoms with Gasteiger partial charge in [0, 0.05) is 10.6 Å². The molecule has 0 radical (unpaired) electrons. The number of nitrogens with one attached hydrogen (secondary N) is 1. The summed E-state index contributed by atoms with van der Waals surface area (Å²) < 4.78 is 32.3. The van der Waals surface area contributed by atoms with E-state index in [0.717, 1.165) is 11.1 Å². The fraction of sp³-hybridized carbons (Fsp3) is 0.176. The van der Waals surface area contributed by atoms with Gasteiger partial charge in [-0.1, -0.05) is 41.4 Å². The summed E-state index contributed by atoms with van der Waals surface area (Å²) in [5.41, 5.74) is 2.51. The molecule has 3 aromatic rings. The van der Waals surface area contributed by atoms with Crippen molar-refractivity contribution >= 4 is 21.6 Å². The first-order valence-electron chi connectivity index (χ1n) is 7.52. The molecule has 0 aliphatic carbocycles. The Morgan fingerprint density at radius 3 is 2.60 bits per heavy atom. The van der Waals surface area contributed by atoms with Gasteiger partial charge >= 0.3 is 0 Å². The van der Waals surface area contributed by atoms with Gasteiger partial charge in [0.2, 0.25) is 21.8 Å². The zero-order valence-electron chi connectivity index (χ0n) is 13.4.